The van der Waals surface area contributed by atoms with Gasteiger partial charge in [-0.1, -0.05) is 55.8 Å². The van der Waals surface area contributed by atoms with Gasteiger partial charge in [0.2, 0.25) is 5.91 Å². The average molecular weight is 414 g/mol. The van der Waals surface area contributed by atoms with Gasteiger partial charge >= 0.3 is 0 Å². The van der Waals surface area contributed by atoms with Gasteiger partial charge in [-0.15, -0.1) is 4.40 Å². The molecule has 0 fully saturated rings. The summed E-state index contributed by atoms with van der Waals surface area (Å²) >= 11 is 0. The van der Waals surface area contributed by atoms with Crippen molar-refractivity contribution in [3.05, 3.63) is 59.7 Å². The van der Waals surface area contributed by atoms with Gasteiger partial charge in [0.15, 0.2) is 0 Å². The smallest absolute Gasteiger partial charge is 0.286 e. The first-order chi connectivity index (χ1) is 13.6. The highest BCUT2D eigenvalue weighted by molar-refractivity contribution is 7.90. The van der Waals surface area contributed by atoms with Crippen LogP contribution >= 0.6 is 0 Å². The maximum Gasteiger partial charge on any atom is 0.286 e. The first-order valence-corrected chi connectivity index (χ1v) is 11.1. The van der Waals surface area contributed by atoms with E-state index in [0.717, 1.165) is 6.42 Å². The highest BCUT2D eigenvalue weighted by Gasteiger charge is 2.29. The van der Waals surface area contributed by atoms with E-state index in [-0.39, 0.29) is 17.2 Å². The van der Waals surface area contributed by atoms with Gasteiger partial charge in [-0.05, 0) is 36.5 Å². The van der Waals surface area contributed by atoms with E-state index < -0.39 is 15.4 Å². The fraction of sp³-hybridized carbons (Fsp3) is 0.364. The number of fused-ring (bicyclic) bond motifs is 1. The van der Waals surface area contributed by atoms with Crippen molar-refractivity contribution in [1.82, 2.24) is 5.32 Å². The van der Waals surface area contributed by atoms with Gasteiger partial charge in [0.05, 0.1) is 5.69 Å². The third-order valence-corrected chi connectivity index (χ3v) is 6.19. The Bertz CT molecular complexity index is 1030. The number of benzene rings is 2. The zero-order valence-electron chi connectivity index (χ0n) is 17.0. The van der Waals surface area contributed by atoms with Crippen molar-refractivity contribution in [2.75, 3.05) is 11.9 Å². The molecular weight excluding hydrogens is 386 g/mol. The van der Waals surface area contributed by atoms with E-state index >= 15 is 0 Å². The van der Waals surface area contributed by atoms with Gasteiger partial charge in [-0.3, -0.25) is 4.79 Å². The summed E-state index contributed by atoms with van der Waals surface area (Å²) in [7, 11) is -3.72. The Hall–Kier alpha value is -2.67. The minimum Gasteiger partial charge on any atom is -0.356 e. The monoisotopic (exact) mass is 413 g/mol. The van der Waals surface area contributed by atoms with Gasteiger partial charge in [0.1, 0.15) is 10.7 Å². The zero-order chi connectivity index (χ0) is 21.1. The van der Waals surface area contributed by atoms with E-state index in [1.807, 2.05) is 20.8 Å². The number of nitrogens with one attached hydrogen (secondary N) is 2. The normalized spacial score (nSPS) is 15.1. The quantitative estimate of drug-likeness (QED) is 0.725. The predicted molar refractivity (Wildman–Crippen MR) is 116 cm³/mol. The van der Waals surface area contributed by atoms with Crippen LogP contribution in [0.15, 0.2) is 57.8 Å². The third-order valence-electron chi connectivity index (χ3n) is 4.82. The molecule has 0 aromatic heterocycles. The van der Waals surface area contributed by atoms with Crippen LogP contribution in [0.5, 0.6) is 0 Å². The molecule has 0 saturated carbocycles. The van der Waals surface area contributed by atoms with Crippen LogP contribution < -0.4 is 10.6 Å². The lowest BCUT2D eigenvalue weighted by Crippen LogP contribution is -2.33. The molecule has 7 heteroatoms. The van der Waals surface area contributed by atoms with E-state index in [1.54, 1.807) is 18.2 Å². The number of anilines is 1. The summed E-state index contributed by atoms with van der Waals surface area (Å²) in [5, 5.41) is 6.04. The van der Waals surface area contributed by atoms with Crippen LogP contribution in [0.1, 0.15) is 37.8 Å². The molecule has 29 heavy (non-hydrogen) atoms. The van der Waals surface area contributed by atoms with Crippen LogP contribution in [0, 0.1) is 12.3 Å². The summed E-state index contributed by atoms with van der Waals surface area (Å²) in [5.74, 6) is 0.308. The lowest BCUT2D eigenvalue weighted by atomic mass is 9.84. The second kappa shape index (κ2) is 8.37. The number of para-hydroxylation sites is 1. The standard InChI is InChI=1S/C22H27N3O3S/c1-16-8-10-17(11-9-16)12-13-23-21(26)15-22(2,3)14-20-24-18-6-4-5-7-19(18)29(27,28)25-20/h4-11H,12-15H2,1-3H3,(H,23,26)(H,24,25). The van der Waals surface area contributed by atoms with Gasteiger partial charge in [0, 0.05) is 19.4 Å². The van der Waals surface area contributed by atoms with Crippen LogP contribution in [0.3, 0.4) is 0 Å². The average Bonchev–Trinajstić information content (AvgIpc) is 2.62. The fourth-order valence-electron chi connectivity index (χ4n) is 3.36. The van der Waals surface area contributed by atoms with Gasteiger partial charge in [-0.25, -0.2) is 0 Å². The van der Waals surface area contributed by atoms with Crippen LogP contribution in [0.25, 0.3) is 0 Å². The Balaban J connectivity index is 1.55. The summed E-state index contributed by atoms with van der Waals surface area (Å²) < 4.78 is 28.7. The van der Waals surface area contributed by atoms with E-state index in [2.05, 4.69) is 39.3 Å². The Morgan fingerprint density at radius 3 is 2.52 bits per heavy atom. The van der Waals surface area contributed by atoms with Gasteiger partial charge in [-0.2, -0.15) is 8.42 Å². The second-order valence-corrected chi connectivity index (χ2v) is 9.81. The molecule has 6 nitrogen and oxygen atoms in total. The molecule has 2 aromatic rings. The summed E-state index contributed by atoms with van der Waals surface area (Å²) in [6.45, 7) is 6.48. The van der Waals surface area contributed by atoms with E-state index in [1.165, 1.54) is 17.2 Å². The SMILES string of the molecule is Cc1ccc(CCNC(=O)CC(C)(C)CC2=NS(=O)(=O)c3ccccc3N2)cc1. The molecule has 0 radical (unpaired) electrons. The van der Waals surface area contributed by atoms with E-state index in [0.29, 0.717) is 24.5 Å². The summed E-state index contributed by atoms with van der Waals surface area (Å²) in [6, 6.07) is 14.9. The molecule has 2 N–H and O–H groups in total. The number of amidine groups is 1. The first kappa shape index (κ1) is 21.0. The Labute approximate surface area is 172 Å². The number of nitrogens with zero attached hydrogens (tertiary/aromatic N) is 1. The van der Waals surface area contributed by atoms with Gasteiger partial charge < -0.3 is 10.6 Å². The molecule has 1 amide bonds. The predicted octanol–water partition coefficient (Wildman–Crippen LogP) is 3.67. The molecule has 0 bridgehead atoms. The van der Waals surface area contributed by atoms with Crippen molar-refractivity contribution < 1.29 is 13.2 Å². The number of sulfonamides is 1. The zero-order valence-corrected chi connectivity index (χ0v) is 17.8. The van der Waals surface area contributed by atoms with Crippen molar-refractivity contribution in [2.45, 2.75) is 44.9 Å². The number of amides is 1. The molecule has 0 aliphatic carbocycles. The Morgan fingerprint density at radius 2 is 1.79 bits per heavy atom. The fourth-order valence-corrected chi connectivity index (χ4v) is 4.50. The molecule has 1 aliphatic heterocycles. The van der Waals surface area contributed by atoms with Crippen LogP contribution in [0.4, 0.5) is 5.69 Å². The molecule has 0 unspecified atom stereocenters. The van der Waals surface area contributed by atoms with Crippen molar-refractivity contribution in [3.63, 3.8) is 0 Å². The van der Waals surface area contributed by atoms with Crippen LogP contribution in [0.2, 0.25) is 0 Å². The number of carbonyl (C=O) groups is 1. The topological polar surface area (TPSA) is 87.6 Å². The van der Waals surface area contributed by atoms with E-state index in [4.69, 9.17) is 0 Å². The van der Waals surface area contributed by atoms with Gasteiger partial charge in [0.25, 0.3) is 10.0 Å². The molecule has 154 valence electrons. The molecule has 0 spiro atoms. The Kier molecular flexibility index (Phi) is 6.07. The molecule has 0 saturated heterocycles. The molecule has 3 rings (SSSR count). The number of aryl methyl sites for hydroxylation is 1. The number of hydrogen-bond acceptors (Lipinski definition) is 4. The highest BCUT2D eigenvalue weighted by Crippen LogP contribution is 2.31. The number of carbonyl (C=O) groups excluding carboxylic acids is 1. The lowest BCUT2D eigenvalue weighted by Gasteiger charge is -2.27. The van der Waals surface area contributed by atoms with Crippen molar-refractivity contribution in [1.29, 1.82) is 0 Å². The highest BCUT2D eigenvalue weighted by atomic mass is 32.2. The first-order valence-electron chi connectivity index (χ1n) is 9.67. The molecule has 2 aromatic carbocycles. The van der Waals surface area contributed by atoms with E-state index in [9.17, 15) is 13.2 Å². The summed E-state index contributed by atoms with van der Waals surface area (Å²) in [4.78, 5) is 12.6. The lowest BCUT2D eigenvalue weighted by molar-refractivity contribution is -0.122. The van der Waals surface area contributed by atoms with Crippen LogP contribution in [-0.2, 0) is 21.2 Å². The maximum atomic E-state index is 12.4. The maximum absolute atomic E-state index is 12.4. The third kappa shape index (κ3) is 5.67. The number of rotatable bonds is 7. The summed E-state index contributed by atoms with van der Waals surface area (Å²) in [5.41, 5.74) is 2.47. The molecular formula is C22H27N3O3S. The minimum absolute atomic E-state index is 0.0539. The Morgan fingerprint density at radius 1 is 1.10 bits per heavy atom. The minimum atomic E-state index is -3.72. The molecule has 1 aliphatic rings. The molecule has 0 atom stereocenters. The van der Waals surface area contributed by atoms with Crippen LogP contribution in [-0.4, -0.2) is 26.7 Å². The number of hydrogen-bond donors (Lipinski definition) is 2. The second-order valence-electron chi connectivity index (χ2n) is 8.24. The van der Waals surface area contributed by atoms with Crippen molar-refractivity contribution in [3.8, 4) is 0 Å². The van der Waals surface area contributed by atoms with Crippen molar-refractivity contribution in [2.24, 2.45) is 9.81 Å². The van der Waals surface area contributed by atoms with Crippen molar-refractivity contribution >= 4 is 27.5 Å². The largest absolute Gasteiger partial charge is 0.356 e. The molecule has 1 heterocycles. The summed E-state index contributed by atoms with van der Waals surface area (Å²) in [6.07, 6.45) is 1.41.